The number of carbonyl (C=O) groups is 1. The lowest BCUT2D eigenvalue weighted by molar-refractivity contribution is -0.122. The Labute approximate surface area is 123 Å². The van der Waals surface area contributed by atoms with Crippen LogP contribution in [0, 0.1) is 19.7 Å². The van der Waals surface area contributed by atoms with E-state index in [0.717, 1.165) is 11.1 Å². The zero-order valence-electron chi connectivity index (χ0n) is 12.3. The summed E-state index contributed by atoms with van der Waals surface area (Å²) in [6.45, 7) is 5.41. The largest absolute Gasteiger partial charge is 0.481 e. The predicted molar refractivity (Wildman–Crippen MR) is 81.0 cm³/mol. The maximum absolute atomic E-state index is 13.6. The van der Waals surface area contributed by atoms with Crippen LogP contribution in [0.25, 0.3) is 0 Å². The highest BCUT2D eigenvalue weighted by molar-refractivity contribution is 5.94. The van der Waals surface area contributed by atoms with E-state index in [-0.39, 0.29) is 11.6 Å². The van der Waals surface area contributed by atoms with Gasteiger partial charge >= 0.3 is 0 Å². The first-order valence-corrected chi connectivity index (χ1v) is 6.76. The van der Waals surface area contributed by atoms with Crippen molar-refractivity contribution in [2.24, 2.45) is 0 Å². The van der Waals surface area contributed by atoms with Gasteiger partial charge in [-0.3, -0.25) is 4.79 Å². The van der Waals surface area contributed by atoms with Crippen molar-refractivity contribution in [1.82, 2.24) is 0 Å². The molecule has 0 spiro atoms. The number of halogens is 1. The van der Waals surface area contributed by atoms with Gasteiger partial charge in [-0.05, 0) is 56.2 Å². The zero-order chi connectivity index (χ0) is 15.4. The molecule has 0 aliphatic heterocycles. The molecule has 1 atom stereocenters. The van der Waals surface area contributed by atoms with Crippen molar-refractivity contribution in [3.8, 4) is 5.75 Å². The summed E-state index contributed by atoms with van der Waals surface area (Å²) in [7, 11) is 0. The molecule has 0 bridgehead atoms. The molecule has 0 saturated carbocycles. The van der Waals surface area contributed by atoms with Gasteiger partial charge in [-0.1, -0.05) is 18.2 Å². The molecule has 3 nitrogen and oxygen atoms in total. The van der Waals surface area contributed by atoms with Gasteiger partial charge in [-0.15, -0.1) is 0 Å². The summed E-state index contributed by atoms with van der Waals surface area (Å²) in [5.41, 5.74) is 2.09. The molecule has 0 radical (unpaired) electrons. The molecule has 21 heavy (non-hydrogen) atoms. The van der Waals surface area contributed by atoms with Gasteiger partial charge in [0.2, 0.25) is 0 Å². The fraction of sp³-hybridized carbons (Fsp3) is 0.235. The highest BCUT2D eigenvalue weighted by Gasteiger charge is 2.16. The Kier molecular flexibility index (Phi) is 4.58. The third-order valence-electron chi connectivity index (χ3n) is 3.05. The fourth-order valence-corrected chi connectivity index (χ4v) is 1.92. The number of amides is 1. The lowest BCUT2D eigenvalue weighted by atomic mass is 10.2. The van der Waals surface area contributed by atoms with Crippen molar-refractivity contribution in [2.75, 3.05) is 5.32 Å². The Morgan fingerprint density at radius 1 is 1.14 bits per heavy atom. The number of carbonyl (C=O) groups excluding carboxylic acids is 1. The van der Waals surface area contributed by atoms with Crippen LogP contribution in [-0.4, -0.2) is 12.0 Å². The minimum absolute atomic E-state index is 0.166. The molecule has 2 rings (SSSR count). The molecular formula is C17H18FNO2. The maximum Gasteiger partial charge on any atom is 0.265 e. The third kappa shape index (κ3) is 4.05. The summed E-state index contributed by atoms with van der Waals surface area (Å²) < 4.78 is 19.2. The van der Waals surface area contributed by atoms with Gasteiger partial charge < -0.3 is 10.1 Å². The second-order valence-electron chi connectivity index (χ2n) is 5.05. The third-order valence-corrected chi connectivity index (χ3v) is 3.05. The number of ether oxygens (including phenoxy) is 1. The van der Waals surface area contributed by atoms with Gasteiger partial charge in [-0.25, -0.2) is 4.39 Å². The van der Waals surface area contributed by atoms with Crippen LogP contribution in [-0.2, 0) is 4.79 Å². The first kappa shape index (κ1) is 15.0. The monoisotopic (exact) mass is 287 g/mol. The number of anilines is 1. The standard InChI is InChI=1S/C17H18FNO2/c1-11-5-4-6-14(9-11)21-13(3)17(20)19-16-10-12(2)7-8-15(16)18/h4-10,13H,1-3H3,(H,19,20)/t13-/m0/s1. The fourth-order valence-electron chi connectivity index (χ4n) is 1.92. The van der Waals surface area contributed by atoms with E-state index >= 15 is 0 Å². The minimum Gasteiger partial charge on any atom is -0.481 e. The van der Waals surface area contributed by atoms with Crippen LogP contribution in [0.1, 0.15) is 18.1 Å². The first-order chi connectivity index (χ1) is 9.95. The van der Waals surface area contributed by atoms with E-state index in [9.17, 15) is 9.18 Å². The molecule has 0 aliphatic rings. The molecule has 110 valence electrons. The van der Waals surface area contributed by atoms with Crippen LogP contribution in [0.5, 0.6) is 5.75 Å². The first-order valence-electron chi connectivity index (χ1n) is 6.76. The molecule has 0 heterocycles. The molecule has 2 aromatic carbocycles. The molecule has 1 amide bonds. The summed E-state index contributed by atoms with van der Waals surface area (Å²) in [6, 6.07) is 12.0. The van der Waals surface area contributed by atoms with E-state index in [0.29, 0.717) is 5.75 Å². The second-order valence-corrected chi connectivity index (χ2v) is 5.05. The smallest absolute Gasteiger partial charge is 0.265 e. The number of hydrogen-bond donors (Lipinski definition) is 1. The maximum atomic E-state index is 13.6. The Morgan fingerprint density at radius 3 is 2.57 bits per heavy atom. The summed E-state index contributed by atoms with van der Waals surface area (Å²) in [5.74, 6) is -0.236. The van der Waals surface area contributed by atoms with Crippen molar-refractivity contribution >= 4 is 11.6 Å². The molecule has 0 aliphatic carbocycles. The molecule has 4 heteroatoms. The topological polar surface area (TPSA) is 38.3 Å². The summed E-state index contributed by atoms with van der Waals surface area (Å²) in [5, 5.41) is 2.55. The number of hydrogen-bond acceptors (Lipinski definition) is 2. The highest BCUT2D eigenvalue weighted by atomic mass is 19.1. The van der Waals surface area contributed by atoms with E-state index in [1.807, 2.05) is 32.0 Å². The molecule has 2 aromatic rings. The normalized spacial score (nSPS) is 11.8. The number of benzene rings is 2. The lowest BCUT2D eigenvalue weighted by Crippen LogP contribution is -2.30. The molecule has 0 saturated heterocycles. The van der Waals surface area contributed by atoms with Crippen LogP contribution in [0.15, 0.2) is 42.5 Å². The number of nitrogens with one attached hydrogen (secondary N) is 1. The number of aryl methyl sites for hydroxylation is 2. The Balaban J connectivity index is 2.04. The van der Waals surface area contributed by atoms with Gasteiger partial charge in [0, 0.05) is 0 Å². The second kappa shape index (κ2) is 6.39. The summed E-state index contributed by atoms with van der Waals surface area (Å²) in [4.78, 5) is 12.1. The van der Waals surface area contributed by atoms with Crippen LogP contribution in [0.3, 0.4) is 0 Å². The zero-order valence-corrected chi connectivity index (χ0v) is 12.3. The van der Waals surface area contributed by atoms with Gasteiger partial charge in [0.1, 0.15) is 11.6 Å². The number of rotatable bonds is 4. The van der Waals surface area contributed by atoms with Gasteiger partial charge in [0.15, 0.2) is 6.10 Å². The molecule has 1 N–H and O–H groups in total. The average molecular weight is 287 g/mol. The van der Waals surface area contributed by atoms with Crippen molar-refractivity contribution < 1.29 is 13.9 Å². The molecule has 0 aromatic heterocycles. The van der Waals surface area contributed by atoms with E-state index in [1.54, 1.807) is 25.1 Å². The van der Waals surface area contributed by atoms with Crippen LogP contribution < -0.4 is 10.1 Å². The van der Waals surface area contributed by atoms with Crippen molar-refractivity contribution in [1.29, 1.82) is 0 Å². The molecular weight excluding hydrogens is 269 g/mol. The van der Waals surface area contributed by atoms with E-state index < -0.39 is 11.9 Å². The molecule has 0 unspecified atom stereocenters. The van der Waals surface area contributed by atoms with Crippen LogP contribution >= 0.6 is 0 Å². The summed E-state index contributed by atoms with van der Waals surface area (Å²) >= 11 is 0. The Hall–Kier alpha value is -2.36. The van der Waals surface area contributed by atoms with E-state index in [1.165, 1.54) is 6.07 Å². The van der Waals surface area contributed by atoms with Gasteiger partial charge in [0.05, 0.1) is 5.69 Å². The Morgan fingerprint density at radius 2 is 1.86 bits per heavy atom. The lowest BCUT2D eigenvalue weighted by Gasteiger charge is -2.15. The van der Waals surface area contributed by atoms with E-state index in [4.69, 9.17) is 4.74 Å². The van der Waals surface area contributed by atoms with Crippen molar-refractivity contribution in [3.05, 3.63) is 59.4 Å². The van der Waals surface area contributed by atoms with Gasteiger partial charge in [0.25, 0.3) is 5.91 Å². The predicted octanol–water partition coefficient (Wildman–Crippen LogP) is 3.85. The van der Waals surface area contributed by atoms with Crippen molar-refractivity contribution in [3.63, 3.8) is 0 Å². The van der Waals surface area contributed by atoms with E-state index in [2.05, 4.69) is 5.32 Å². The minimum atomic E-state index is -0.716. The highest BCUT2D eigenvalue weighted by Crippen LogP contribution is 2.18. The molecule has 0 fully saturated rings. The quantitative estimate of drug-likeness (QED) is 0.927. The van der Waals surface area contributed by atoms with Crippen LogP contribution in [0.2, 0.25) is 0 Å². The van der Waals surface area contributed by atoms with Crippen molar-refractivity contribution in [2.45, 2.75) is 26.9 Å². The summed E-state index contributed by atoms with van der Waals surface area (Å²) in [6.07, 6.45) is -0.716. The van der Waals surface area contributed by atoms with Gasteiger partial charge in [-0.2, -0.15) is 0 Å². The Bertz CT molecular complexity index is 655. The SMILES string of the molecule is Cc1cccc(O[C@@H](C)C(=O)Nc2cc(C)ccc2F)c1. The average Bonchev–Trinajstić information content (AvgIpc) is 2.43. The van der Waals surface area contributed by atoms with Crippen LogP contribution in [0.4, 0.5) is 10.1 Å².